The first-order valence-electron chi connectivity index (χ1n) is 6.39. The molecular formula is C17H13NOS. The van der Waals surface area contributed by atoms with Crippen LogP contribution in [0.25, 0.3) is 10.4 Å². The van der Waals surface area contributed by atoms with E-state index in [1.807, 2.05) is 66.3 Å². The molecule has 1 heterocycles. The third-order valence-corrected chi connectivity index (χ3v) is 3.95. The lowest BCUT2D eigenvalue weighted by Gasteiger charge is -2.03. The van der Waals surface area contributed by atoms with Crippen LogP contribution in [0.5, 0.6) is 0 Å². The van der Waals surface area contributed by atoms with E-state index in [0.29, 0.717) is 6.42 Å². The number of thiazole rings is 1. The van der Waals surface area contributed by atoms with Gasteiger partial charge in [-0.05, 0) is 11.1 Å². The molecule has 0 aliphatic carbocycles. The molecule has 0 aliphatic rings. The van der Waals surface area contributed by atoms with Gasteiger partial charge < -0.3 is 0 Å². The van der Waals surface area contributed by atoms with Crippen molar-refractivity contribution in [2.24, 2.45) is 0 Å². The Morgan fingerprint density at radius 2 is 1.75 bits per heavy atom. The number of ketones is 1. The molecule has 1 aromatic heterocycles. The van der Waals surface area contributed by atoms with E-state index in [-0.39, 0.29) is 5.78 Å². The van der Waals surface area contributed by atoms with Crippen LogP contribution >= 0.6 is 11.3 Å². The fourth-order valence-corrected chi connectivity index (χ4v) is 2.69. The number of Topliss-reactive ketones (excluding diaryl/α,β-unsaturated/α-hetero) is 1. The SMILES string of the molecule is O=C(Cc1ccccc1)c1ccc(-c2cncs2)cc1. The molecule has 0 N–H and O–H groups in total. The molecule has 2 aromatic carbocycles. The molecule has 0 radical (unpaired) electrons. The largest absolute Gasteiger partial charge is 0.294 e. The molecule has 2 nitrogen and oxygen atoms in total. The third kappa shape index (κ3) is 2.83. The molecule has 0 unspecified atom stereocenters. The molecule has 0 spiro atoms. The number of rotatable bonds is 4. The zero-order chi connectivity index (χ0) is 13.8. The number of hydrogen-bond donors (Lipinski definition) is 0. The van der Waals surface area contributed by atoms with Crippen LogP contribution in [-0.4, -0.2) is 10.8 Å². The van der Waals surface area contributed by atoms with E-state index in [2.05, 4.69) is 4.98 Å². The summed E-state index contributed by atoms with van der Waals surface area (Å²) in [6.07, 6.45) is 2.28. The van der Waals surface area contributed by atoms with Crippen molar-refractivity contribution in [3.63, 3.8) is 0 Å². The predicted molar refractivity (Wildman–Crippen MR) is 82.0 cm³/mol. The standard InChI is InChI=1S/C17H13NOS/c19-16(10-13-4-2-1-3-5-13)14-6-8-15(9-7-14)17-11-18-12-20-17/h1-9,11-12H,10H2. The molecule has 0 amide bonds. The van der Waals surface area contributed by atoms with Crippen LogP contribution in [0.2, 0.25) is 0 Å². The second kappa shape index (κ2) is 5.80. The van der Waals surface area contributed by atoms with Crippen molar-refractivity contribution in [2.75, 3.05) is 0 Å². The second-order valence-corrected chi connectivity index (χ2v) is 5.41. The molecule has 98 valence electrons. The Hall–Kier alpha value is -2.26. The molecule has 3 heteroatoms. The maximum absolute atomic E-state index is 12.2. The van der Waals surface area contributed by atoms with E-state index in [1.54, 1.807) is 11.3 Å². The zero-order valence-electron chi connectivity index (χ0n) is 10.8. The quantitative estimate of drug-likeness (QED) is 0.669. The summed E-state index contributed by atoms with van der Waals surface area (Å²) in [6, 6.07) is 17.5. The molecule has 3 rings (SSSR count). The van der Waals surface area contributed by atoms with Crippen molar-refractivity contribution in [1.29, 1.82) is 0 Å². The Bertz CT molecular complexity index is 688. The Labute approximate surface area is 121 Å². The fraction of sp³-hybridized carbons (Fsp3) is 0.0588. The van der Waals surface area contributed by atoms with Gasteiger partial charge in [-0.15, -0.1) is 11.3 Å². The molecular weight excluding hydrogens is 266 g/mol. The summed E-state index contributed by atoms with van der Waals surface area (Å²) < 4.78 is 0. The van der Waals surface area contributed by atoms with Crippen LogP contribution in [-0.2, 0) is 6.42 Å². The van der Waals surface area contributed by atoms with Gasteiger partial charge in [0.15, 0.2) is 5.78 Å². The molecule has 0 bridgehead atoms. The van der Waals surface area contributed by atoms with Crippen molar-refractivity contribution in [2.45, 2.75) is 6.42 Å². The van der Waals surface area contributed by atoms with E-state index in [4.69, 9.17) is 0 Å². The molecule has 0 atom stereocenters. The smallest absolute Gasteiger partial charge is 0.167 e. The minimum Gasteiger partial charge on any atom is -0.294 e. The summed E-state index contributed by atoms with van der Waals surface area (Å²) in [5.41, 5.74) is 4.71. The van der Waals surface area contributed by atoms with Crippen LogP contribution in [0, 0.1) is 0 Å². The monoisotopic (exact) mass is 279 g/mol. The number of aromatic nitrogens is 1. The van der Waals surface area contributed by atoms with E-state index in [0.717, 1.165) is 21.6 Å². The minimum absolute atomic E-state index is 0.145. The van der Waals surface area contributed by atoms with Crippen LogP contribution in [0.3, 0.4) is 0 Å². The van der Waals surface area contributed by atoms with Gasteiger partial charge in [-0.1, -0.05) is 54.6 Å². The van der Waals surface area contributed by atoms with Crippen LogP contribution in [0.4, 0.5) is 0 Å². The lowest BCUT2D eigenvalue weighted by atomic mass is 10.0. The van der Waals surface area contributed by atoms with Crippen LogP contribution in [0.1, 0.15) is 15.9 Å². The van der Waals surface area contributed by atoms with Gasteiger partial charge in [0.2, 0.25) is 0 Å². The molecule has 0 saturated carbocycles. The van der Waals surface area contributed by atoms with Crippen molar-refractivity contribution in [3.05, 3.63) is 77.4 Å². The Morgan fingerprint density at radius 1 is 1.00 bits per heavy atom. The molecule has 0 fully saturated rings. The van der Waals surface area contributed by atoms with Gasteiger partial charge in [0, 0.05) is 18.2 Å². The number of carbonyl (C=O) groups is 1. The number of benzene rings is 2. The van der Waals surface area contributed by atoms with Gasteiger partial charge in [0.05, 0.1) is 10.4 Å². The Kier molecular flexibility index (Phi) is 3.70. The number of hydrogen-bond acceptors (Lipinski definition) is 3. The maximum atomic E-state index is 12.2. The van der Waals surface area contributed by atoms with Gasteiger partial charge in [0.25, 0.3) is 0 Å². The fourth-order valence-electron chi connectivity index (χ4n) is 2.06. The van der Waals surface area contributed by atoms with E-state index < -0.39 is 0 Å². The van der Waals surface area contributed by atoms with Gasteiger partial charge in [-0.25, -0.2) is 0 Å². The lowest BCUT2D eigenvalue weighted by molar-refractivity contribution is 0.0993. The highest BCUT2D eigenvalue weighted by atomic mass is 32.1. The van der Waals surface area contributed by atoms with Crippen LogP contribution < -0.4 is 0 Å². The maximum Gasteiger partial charge on any atom is 0.167 e. The highest BCUT2D eigenvalue weighted by molar-refractivity contribution is 7.13. The summed E-state index contributed by atoms with van der Waals surface area (Å²) >= 11 is 1.60. The third-order valence-electron chi connectivity index (χ3n) is 3.13. The second-order valence-electron chi connectivity index (χ2n) is 4.53. The first-order valence-corrected chi connectivity index (χ1v) is 7.27. The van der Waals surface area contributed by atoms with Crippen molar-refractivity contribution in [1.82, 2.24) is 4.98 Å². The molecule has 0 aliphatic heterocycles. The van der Waals surface area contributed by atoms with Crippen molar-refractivity contribution >= 4 is 17.1 Å². The molecule has 3 aromatic rings. The highest BCUT2D eigenvalue weighted by Crippen LogP contribution is 2.23. The Balaban J connectivity index is 1.76. The minimum atomic E-state index is 0.145. The predicted octanol–water partition coefficient (Wildman–Crippen LogP) is 4.24. The Morgan fingerprint density at radius 3 is 2.40 bits per heavy atom. The lowest BCUT2D eigenvalue weighted by Crippen LogP contribution is -2.03. The topological polar surface area (TPSA) is 30.0 Å². The number of carbonyl (C=O) groups excluding carboxylic acids is 1. The van der Waals surface area contributed by atoms with Gasteiger partial charge in [-0.3, -0.25) is 9.78 Å². The van der Waals surface area contributed by atoms with Crippen molar-refractivity contribution < 1.29 is 4.79 Å². The average molecular weight is 279 g/mol. The van der Waals surface area contributed by atoms with Gasteiger partial charge in [0.1, 0.15) is 0 Å². The van der Waals surface area contributed by atoms with Gasteiger partial charge in [-0.2, -0.15) is 0 Å². The normalized spacial score (nSPS) is 10.4. The average Bonchev–Trinajstić information content (AvgIpc) is 3.03. The first-order chi connectivity index (χ1) is 9.83. The summed E-state index contributed by atoms with van der Waals surface area (Å²) in [7, 11) is 0. The summed E-state index contributed by atoms with van der Waals surface area (Å²) in [5.74, 6) is 0.145. The molecule has 0 saturated heterocycles. The van der Waals surface area contributed by atoms with Crippen molar-refractivity contribution in [3.8, 4) is 10.4 Å². The van der Waals surface area contributed by atoms with E-state index >= 15 is 0 Å². The summed E-state index contributed by atoms with van der Waals surface area (Å²) in [6.45, 7) is 0. The zero-order valence-corrected chi connectivity index (χ0v) is 11.6. The van der Waals surface area contributed by atoms with E-state index in [9.17, 15) is 4.79 Å². The van der Waals surface area contributed by atoms with E-state index in [1.165, 1.54) is 0 Å². The summed E-state index contributed by atoms with van der Waals surface area (Å²) in [4.78, 5) is 17.4. The summed E-state index contributed by atoms with van der Waals surface area (Å²) in [5, 5.41) is 0. The first kappa shape index (κ1) is 12.8. The van der Waals surface area contributed by atoms with Gasteiger partial charge >= 0.3 is 0 Å². The number of nitrogens with zero attached hydrogens (tertiary/aromatic N) is 1. The molecule has 20 heavy (non-hydrogen) atoms. The van der Waals surface area contributed by atoms with Crippen LogP contribution in [0.15, 0.2) is 66.3 Å². The highest BCUT2D eigenvalue weighted by Gasteiger charge is 2.07.